The van der Waals surface area contributed by atoms with Gasteiger partial charge in [-0.05, 0) is 55.4 Å². The molecule has 3 rings (SSSR count). The van der Waals surface area contributed by atoms with Gasteiger partial charge in [0.1, 0.15) is 11.8 Å². The van der Waals surface area contributed by atoms with Gasteiger partial charge in [0.25, 0.3) is 5.91 Å². The smallest absolute Gasteiger partial charge is 0.407 e. The molecule has 0 radical (unpaired) electrons. The molecule has 1 aromatic carbocycles. The summed E-state index contributed by atoms with van der Waals surface area (Å²) in [5.74, 6) is 0.176. The van der Waals surface area contributed by atoms with Crippen LogP contribution in [0.2, 0.25) is 0 Å². The molecule has 0 saturated heterocycles. The van der Waals surface area contributed by atoms with Crippen LogP contribution in [0.1, 0.15) is 67.1 Å². The highest BCUT2D eigenvalue weighted by atomic mass is 16.4. The quantitative estimate of drug-likeness (QED) is 0.498. The van der Waals surface area contributed by atoms with E-state index in [1.165, 1.54) is 4.90 Å². The monoisotopic (exact) mass is 469 g/mol. The van der Waals surface area contributed by atoms with Crippen LogP contribution in [-0.2, 0) is 11.3 Å². The molecule has 0 unspecified atom stereocenters. The third kappa shape index (κ3) is 5.98. The number of carbonyl (C=O) groups excluding carboxylic acids is 2. The van der Waals surface area contributed by atoms with Crippen molar-refractivity contribution in [3.8, 4) is 11.3 Å². The van der Waals surface area contributed by atoms with Crippen LogP contribution in [0.5, 0.6) is 0 Å². The Hall–Kier alpha value is -3.29. The highest BCUT2D eigenvalue weighted by Crippen LogP contribution is 2.30. The van der Waals surface area contributed by atoms with Gasteiger partial charge >= 0.3 is 6.09 Å². The van der Waals surface area contributed by atoms with Crippen molar-refractivity contribution in [2.45, 2.75) is 65.0 Å². The zero-order valence-electron chi connectivity index (χ0n) is 20.2. The minimum Gasteiger partial charge on any atom is -0.465 e. The number of amides is 3. The maximum absolute atomic E-state index is 13.0. The average Bonchev–Trinajstić information content (AvgIpc) is 3.33. The third-order valence-corrected chi connectivity index (χ3v) is 6.60. The largest absolute Gasteiger partial charge is 0.465 e. The summed E-state index contributed by atoms with van der Waals surface area (Å²) in [7, 11) is 1.58. The Morgan fingerprint density at radius 3 is 2.53 bits per heavy atom. The Morgan fingerprint density at radius 1 is 1.15 bits per heavy atom. The zero-order chi connectivity index (χ0) is 24.7. The Bertz CT molecular complexity index is 1010. The number of hydrogen-bond acceptors (Lipinski definition) is 4. The number of carboxylic acid groups (broad SMARTS) is 1. The van der Waals surface area contributed by atoms with E-state index in [0.29, 0.717) is 12.3 Å². The molecule has 3 amide bonds. The number of nitrogens with zero attached hydrogens (tertiary/aromatic N) is 1. The molecule has 1 aromatic heterocycles. The number of rotatable bonds is 9. The van der Waals surface area contributed by atoms with Gasteiger partial charge in [-0.1, -0.05) is 44.4 Å². The van der Waals surface area contributed by atoms with Crippen LogP contribution < -0.4 is 10.6 Å². The lowest BCUT2D eigenvalue weighted by Gasteiger charge is -2.29. The number of furan rings is 1. The predicted molar refractivity (Wildman–Crippen MR) is 130 cm³/mol. The summed E-state index contributed by atoms with van der Waals surface area (Å²) in [4.78, 5) is 38.3. The van der Waals surface area contributed by atoms with Gasteiger partial charge in [-0.15, -0.1) is 0 Å². The molecule has 1 saturated carbocycles. The molecule has 1 atom stereocenters. The summed E-state index contributed by atoms with van der Waals surface area (Å²) in [6.07, 6.45) is 4.90. The maximum atomic E-state index is 13.0. The van der Waals surface area contributed by atoms with Gasteiger partial charge in [0.2, 0.25) is 5.91 Å². The minimum atomic E-state index is -0.952. The topological polar surface area (TPSA) is 112 Å². The van der Waals surface area contributed by atoms with E-state index in [-0.39, 0.29) is 24.1 Å². The lowest BCUT2D eigenvalue weighted by atomic mass is 9.83. The molecule has 0 aliphatic heterocycles. The molecular formula is C26H35N3O5. The fraction of sp³-hybridized carbons (Fsp3) is 0.500. The standard InChI is InChI=1S/C26H35N3O5/c1-4-15-29(26(32)33)16-19-11-8-12-20(17(19)2)21-13-14-22(34-21)24(30)28-23(25(31)27-3)18-9-6-5-7-10-18/h8,11-14,18,23H,4-7,9-10,15-16H2,1-3H3,(H,27,31)(H,28,30)(H,32,33)/t23-/m0/s1. The van der Waals surface area contributed by atoms with E-state index in [1.54, 1.807) is 19.2 Å². The third-order valence-electron chi connectivity index (χ3n) is 6.60. The van der Waals surface area contributed by atoms with Crippen molar-refractivity contribution in [3.63, 3.8) is 0 Å². The molecule has 8 heteroatoms. The first-order valence-corrected chi connectivity index (χ1v) is 12.0. The second kappa shape index (κ2) is 11.7. The van der Waals surface area contributed by atoms with Crippen LogP contribution in [0.15, 0.2) is 34.7 Å². The number of benzene rings is 1. The van der Waals surface area contributed by atoms with Crippen molar-refractivity contribution in [2.24, 2.45) is 5.92 Å². The maximum Gasteiger partial charge on any atom is 0.407 e. The van der Waals surface area contributed by atoms with E-state index in [9.17, 15) is 19.5 Å². The van der Waals surface area contributed by atoms with Crippen molar-refractivity contribution < 1.29 is 23.9 Å². The van der Waals surface area contributed by atoms with Gasteiger partial charge in [-0.25, -0.2) is 4.79 Å². The fourth-order valence-corrected chi connectivity index (χ4v) is 4.68. The second-order valence-electron chi connectivity index (χ2n) is 8.92. The first-order chi connectivity index (χ1) is 16.3. The molecule has 34 heavy (non-hydrogen) atoms. The molecule has 0 bridgehead atoms. The Kier molecular flexibility index (Phi) is 8.73. The van der Waals surface area contributed by atoms with Crippen molar-refractivity contribution in [2.75, 3.05) is 13.6 Å². The summed E-state index contributed by atoms with van der Waals surface area (Å²) in [6.45, 7) is 4.60. The van der Waals surface area contributed by atoms with E-state index in [0.717, 1.165) is 55.2 Å². The highest BCUT2D eigenvalue weighted by molar-refractivity contribution is 5.96. The first-order valence-electron chi connectivity index (χ1n) is 12.0. The zero-order valence-corrected chi connectivity index (χ0v) is 20.2. The fourth-order valence-electron chi connectivity index (χ4n) is 4.68. The first kappa shape index (κ1) is 25.3. The molecule has 0 spiro atoms. The van der Waals surface area contributed by atoms with E-state index in [2.05, 4.69) is 10.6 Å². The Morgan fingerprint density at radius 2 is 1.88 bits per heavy atom. The molecule has 1 heterocycles. The Labute approximate surface area is 200 Å². The van der Waals surface area contributed by atoms with Crippen molar-refractivity contribution in [3.05, 3.63) is 47.2 Å². The minimum absolute atomic E-state index is 0.117. The SMILES string of the molecule is CCCN(Cc1cccc(-c2ccc(C(=O)N[C@H](C(=O)NC)C3CCCCC3)o2)c1C)C(=O)O. The molecule has 8 nitrogen and oxygen atoms in total. The average molecular weight is 470 g/mol. The number of hydrogen-bond donors (Lipinski definition) is 3. The highest BCUT2D eigenvalue weighted by Gasteiger charge is 2.31. The van der Waals surface area contributed by atoms with Crippen LogP contribution in [-0.4, -0.2) is 47.5 Å². The number of carbonyl (C=O) groups is 3. The summed E-state index contributed by atoms with van der Waals surface area (Å²) < 4.78 is 5.90. The van der Waals surface area contributed by atoms with Gasteiger partial charge in [-0.3, -0.25) is 9.59 Å². The van der Waals surface area contributed by atoms with Crippen molar-refractivity contribution in [1.29, 1.82) is 0 Å². The van der Waals surface area contributed by atoms with Crippen molar-refractivity contribution >= 4 is 17.9 Å². The van der Waals surface area contributed by atoms with Crippen LogP contribution in [0, 0.1) is 12.8 Å². The van der Waals surface area contributed by atoms with E-state index in [4.69, 9.17) is 4.42 Å². The normalized spacial score (nSPS) is 14.9. The molecule has 184 valence electrons. The molecular weight excluding hydrogens is 434 g/mol. The number of nitrogens with one attached hydrogen (secondary N) is 2. The van der Waals surface area contributed by atoms with Crippen molar-refractivity contribution in [1.82, 2.24) is 15.5 Å². The number of likely N-dealkylation sites (N-methyl/N-ethyl adjacent to an activating group) is 1. The molecule has 2 aromatic rings. The van der Waals surface area contributed by atoms with Crippen LogP contribution in [0.25, 0.3) is 11.3 Å². The lowest BCUT2D eigenvalue weighted by Crippen LogP contribution is -2.50. The van der Waals surface area contributed by atoms with Crippen LogP contribution in [0.4, 0.5) is 4.79 Å². The van der Waals surface area contributed by atoms with Gasteiger partial charge < -0.3 is 25.1 Å². The summed E-state index contributed by atoms with van der Waals surface area (Å²) in [5, 5.41) is 15.0. The van der Waals surface area contributed by atoms with E-state index >= 15 is 0 Å². The molecule has 1 aliphatic carbocycles. The molecule has 1 aliphatic rings. The molecule has 1 fully saturated rings. The predicted octanol–water partition coefficient (Wildman–Crippen LogP) is 4.57. The summed E-state index contributed by atoms with van der Waals surface area (Å²) >= 11 is 0. The lowest BCUT2D eigenvalue weighted by molar-refractivity contribution is -0.124. The summed E-state index contributed by atoms with van der Waals surface area (Å²) in [5.41, 5.74) is 2.58. The molecule has 3 N–H and O–H groups in total. The van der Waals surface area contributed by atoms with Crippen LogP contribution in [0.3, 0.4) is 0 Å². The Balaban J connectivity index is 1.78. The van der Waals surface area contributed by atoms with Crippen LogP contribution >= 0.6 is 0 Å². The second-order valence-corrected chi connectivity index (χ2v) is 8.92. The van der Waals surface area contributed by atoms with Gasteiger partial charge in [0.05, 0.1) is 0 Å². The van der Waals surface area contributed by atoms with Gasteiger partial charge in [-0.2, -0.15) is 0 Å². The van der Waals surface area contributed by atoms with Gasteiger partial charge in [0, 0.05) is 25.7 Å². The van der Waals surface area contributed by atoms with Gasteiger partial charge in [0.15, 0.2) is 5.76 Å². The van der Waals surface area contributed by atoms with E-state index in [1.807, 2.05) is 32.0 Å². The van der Waals surface area contributed by atoms with E-state index < -0.39 is 18.0 Å². The summed E-state index contributed by atoms with van der Waals surface area (Å²) in [6, 6.07) is 8.41.